The lowest BCUT2D eigenvalue weighted by atomic mass is 9.79. The summed E-state index contributed by atoms with van der Waals surface area (Å²) in [5, 5.41) is 18.1. The van der Waals surface area contributed by atoms with Crippen LogP contribution in [0.25, 0.3) is 0 Å². The van der Waals surface area contributed by atoms with Gasteiger partial charge in [0.2, 0.25) is 0 Å². The summed E-state index contributed by atoms with van der Waals surface area (Å²) in [7, 11) is -1.74. The van der Waals surface area contributed by atoms with Crippen LogP contribution in [-0.4, -0.2) is 46.7 Å². The number of benzene rings is 1. The van der Waals surface area contributed by atoms with Gasteiger partial charge in [-0.25, -0.2) is 4.39 Å². The Balaban J connectivity index is 2.07. The van der Waals surface area contributed by atoms with E-state index in [2.05, 4.69) is 4.90 Å². The van der Waals surface area contributed by atoms with Crippen LogP contribution in [0.1, 0.15) is 5.56 Å². The van der Waals surface area contributed by atoms with Crippen LogP contribution in [0.3, 0.4) is 0 Å². The molecule has 0 atom stereocenters. The second-order valence-corrected chi connectivity index (χ2v) is 5.34. The average Bonchev–Trinajstić information content (AvgIpc) is 2.32. The van der Waals surface area contributed by atoms with Crippen LogP contribution in [0.15, 0.2) is 18.2 Å². The first kappa shape index (κ1) is 12.9. The second kappa shape index (κ2) is 5.86. The van der Waals surface area contributed by atoms with Gasteiger partial charge in [-0.15, -0.1) is 0 Å². The number of nitrogens with zero attached hydrogens (tertiary/aromatic N) is 1. The third-order valence-electron chi connectivity index (χ3n) is 2.85. The molecule has 0 bridgehead atoms. The van der Waals surface area contributed by atoms with Gasteiger partial charge in [0.25, 0.3) is 0 Å². The Morgan fingerprint density at radius 3 is 2.65 bits per heavy atom. The first-order valence-electron chi connectivity index (χ1n) is 5.61. The SMILES string of the molecule is OB(O)c1cc(CN2CCSCC2)ccc1F. The molecular weight excluding hydrogens is 240 g/mol. The molecule has 17 heavy (non-hydrogen) atoms. The molecule has 1 saturated heterocycles. The molecule has 6 heteroatoms. The van der Waals surface area contributed by atoms with Crippen LogP contribution in [0.4, 0.5) is 4.39 Å². The van der Waals surface area contributed by atoms with Crippen molar-refractivity contribution in [1.29, 1.82) is 0 Å². The third kappa shape index (κ3) is 3.45. The maximum absolute atomic E-state index is 13.3. The molecule has 1 aromatic rings. The Hall–Kier alpha value is -0.555. The number of hydrogen-bond donors (Lipinski definition) is 2. The molecule has 0 aromatic heterocycles. The summed E-state index contributed by atoms with van der Waals surface area (Å²) < 4.78 is 13.3. The van der Waals surface area contributed by atoms with Gasteiger partial charge < -0.3 is 10.0 Å². The van der Waals surface area contributed by atoms with Gasteiger partial charge in [0.05, 0.1) is 0 Å². The van der Waals surface area contributed by atoms with Gasteiger partial charge in [-0.1, -0.05) is 12.1 Å². The zero-order chi connectivity index (χ0) is 12.3. The summed E-state index contributed by atoms with van der Waals surface area (Å²) in [5.74, 6) is 1.67. The van der Waals surface area contributed by atoms with Crippen molar-refractivity contribution in [3.63, 3.8) is 0 Å². The lowest BCUT2D eigenvalue weighted by Crippen LogP contribution is -2.35. The smallest absolute Gasteiger partial charge is 0.423 e. The van der Waals surface area contributed by atoms with E-state index < -0.39 is 12.9 Å². The van der Waals surface area contributed by atoms with Crippen molar-refractivity contribution in [1.82, 2.24) is 4.90 Å². The predicted molar refractivity (Wildman–Crippen MR) is 68.8 cm³/mol. The van der Waals surface area contributed by atoms with Gasteiger partial charge in [-0.3, -0.25) is 4.90 Å². The summed E-state index contributed by atoms with van der Waals surface area (Å²) >= 11 is 1.94. The number of rotatable bonds is 3. The highest BCUT2D eigenvalue weighted by atomic mass is 32.2. The normalized spacial score (nSPS) is 17.1. The van der Waals surface area contributed by atoms with Gasteiger partial charge in [0, 0.05) is 36.6 Å². The van der Waals surface area contributed by atoms with Crippen molar-refractivity contribution < 1.29 is 14.4 Å². The van der Waals surface area contributed by atoms with Crippen LogP contribution in [-0.2, 0) is 6.54 Å². The first-order chi connectivity index (χ1) is 8.16. The van der Waals surface area contributed by atoms with E-state index in [1.807, 2.05) is 11.8 Å². The largest absolute Gasteiger partial charge is 0.491 e. The summed E-state index contributed by atoms with van der Waals surface area (Å²) in [5.41, 5.74) is 0.871. The van der Waals surface area contributed by atoms with E-state index >= 15 is 0 Å². The maximum Gasteiger partial charge on any atom is 0.491 e. The molecule has 0 saturated carbocycles. The molecule has 1 fully saturated rings. The quantitative estimate of drug-likeness (QED) is 0.749. The minimum absolute atomic E-state index is 0.0473. The molecule has 2 N–H and O–H groups in total. The maximum atomic E-state index is 13.3. The molecule has 3 nitrogen and oxygen atoms in total. The Bertz CT molecular complexity index is 386. The molecule has 1 aromatic carbocycles. The van der Waals surface area contributed by atoms with E-state index in [0.717, 1.165) is 36.7 Å². The van der Waals surface area contributed by atoms with Crippen LogP contribution < -0.4 is 5.46 Å². The van der Waals surface area contributed by atoms with Gasteiger partial charge in [0.1, 0.15) is 5.82 Å². The fourth-order valence-corrected chi connectivity index (χ4v) is 2.89. The molecule has 0 aliphatic carbocycles. The van der Waals surface area contributed by atoms with Gasteiger partial charge in [-0.05, 0) is 11.6 Å². The molecule has 0 amide bonds. The van der Waals surface area contributed by atoms with Crippen molar-refractivity contribution in [3.05, 3.63) is 29.6 Å². The van der Waals surface area contributed by atoms with Crippen molar-refractivity contribution in [2.24, 2.45) is 0 Å². The van der Waals surface area contributed by atoms with Gasteiger partial charge in [-0.2, -0.15) is 11.8 Å². The number of hydrogen-bond acceptors (Lipinski definition) is 4. The highest BCUT2D eigenvalue weighted by Crippen LogP contribution is 2.12. The van der Waals surface area contributed by atoms with Crippen molar-refractivity contribution >= 4 is 24.3 Å². The lowest BCUT2D eigenvalue weighted by molar-refractivity contribution is 0.294. The highest BCUT2D eigenvalue weighted by Gasteiger charge is 2.18. The molecule has 0 unspecified atom stereocenters. The van der Waals surface area contributed by atoms with Crippen LogP contribution >= 0.6 is 11.8 Å². The van der Waals surface area contributed by atoms with Crippen LogP contribution in [0.2, 0.25) is 0 Å². The van der Waals surface area contributed by atoms with E-state index in [1.165, 1.54) is 12.1 Å². The molecular formula is C11H15BFNO2S. The Labute approximate surface area is 105 Å². The van der Waals surface area contributed by atoms with Crippen LogP contribution in [0.5, 0.6) is 0 Å². The molecule has 0 spiro atoms. The van der Waals surface area contributed by atoms with Gasteiger partial charge in [0.15, 0.2) is 0 Å². The van der Waals surface area contributed by atoms with Crippen molar-refractivity contribution in [2.45, 2.75) is 6.54 Å². The lowest BCUT2D eigenvalue weighted by Gasteiger charge is -2.26. The first-order valence-corrected chi connectivity index (χ1v) is 6.77. The fraction of sp³-hybridized carbons (Fsp3) is 0.455. The minimum atomic E-state index is -1.74. The zero-order valence-electron chi connectivity index (χ0n) is 9.47. The Morgan fingerprint density at radius 2 is 2.00 bits per heavy atom. The molecule has 1 aliphatic rings. The average molecular weight is 255 g/mol. The molecule has 1 aliphatic heterocycles. The standard InChI is InChI=1S/C11H15BFNO2S/c13-11-2-1-9(7-10(11)12(15)16)8-14-3-5-17-6-4-14/h1-2,7,15-16H,3-6,8H2. The highest BCUT2D eigenvalue weighted by molar-refractivity contribution is 7.99. The zero-order valence-corrected chi connectivity index (χ0v) is 10.3. The molecule has 1 heterocycles. The summed E-state index contributed by atoms with van der Waals surface area (Å²) in [4.78, 5) is 2.29. The second-order valence-electron chi connectivity index (χ2n) is 4.12. The summed E-state index contributed by atoms with van der Waals surface area (Å²) in [6, 6.07) is 4.52. The Kier molecular flexibility index (Phi) is 4.45. The number of halogens is 1. The van der Waals surface area contributed by atoms with E-state index in [0.29, 0.717) is 0 Å². The summed E-state index contributed by atoms with van der Waals surface area (Å²) in [6.07, 6.45) is 0. The van der Waals surface area contributed by atoms with E-state index in [9.17, 15) is 4.39 Å². The van der Waals surface area contributed by atoms with E-state index in [-0.39, 0.29) is 5.46 Å². The molecule has 0 radical (unpaired) electrons. The van der Waals surface area contributed by atoms with E-state index in [1.54, 1.807) is 6.07 Å². The number of thioether (sulfide) groups is 1. The fourth-order valence-electron chi connectivity index (χ4n) is 1.91. The monoisotopic (exact) mass is 255 g/mol. The predicted octanol–water partition coefficient (Wildman–Crippen LogP) is 0.0543. The summed E-state index contributed by atoms with van der Waals surface area (Å²) in [6.45, 7) is 2.79. The topological polar surface area (TPSA) is 43.7 Å². The van der Waals surface area contributed by atoms with Gasteiger partial charge >= 0.3 is 7.12 Å². The third-order valence-corrected chi connectivity index (χ3v) is 3.79. The Morgan fingerprint density at radius 1 is 1.29 bits per heavy atom. The molecule has 92 valence electrons. The van der Waals surface area contributed by atoms with E-state index in [4.69, 9.17) is 10.0 Å². The van der Waals surface area contributed by atoms with Crippen LogP contribution in [0, 0.1) is 5.82 Å². The van der Waals surface area contributed by atoms with Crippen molar-refractivity contribution in [3.8, 4) is 0 Å². The van der Waals surface area contributed by atoms with Crippen molar-refractivity contribution in [2.75, 3.05) is 24.6 Å². The molecule has 2 rings (SSSR count). The minimum Gasteiger partial charge on any atom is -0.423 e.